The van der Waals surface area contributed by atoms with Crippen molar-refractivity contribution in [2.45, 2.75) is 19.3 Å². The topological polar surface area (TPSA) is 74.3 Å². The fourth-order valence-electron chi connectivity index (χ4n) is 3.41. The highest BCUT2D eigenvalue weighted by Crippen LogP contribution is 2.21. The second-order valence-electron chi connectivity index (χ2n) is 6.74. The van der Waals surface area contributed by atoms with Crippen LogP contribution < -0.4 is 10.6 Å². The summed E-state index contributed by atoms with van der Waals surface area (Å²) >= 11 is 0. The summed E-state index contributed by atoms with van der Waals surface area (Å²) in [6, 6.07) is 13.7. The number of hydrogen-bond acceptors (Lipinski definition) is 4. The molecule has 3 rings (SSSR count). The van der Waals surface area contributed by atoms with Crippen molar-refractivity contribution in [3.8, 4) is 0 Å². The largest absolute Gasteiger partial charge is 0.372 e. The number of nitrogens with one attached hydrogen (secondary N) is 2. The summed E-state index contributed by atoms with van der Waals surface area (Å²) in [5.41, 5.74) is 1.79. The summed E-state index contributed by atoms with van der Waals surface area (Å²) in [5, 5.41) is 5.99. The maximum atomic E-state index is 12.7. The van der Waals surface area contributed by atoms with Gasteiger partial charge in [-0.1, -0.05) is 30.3 Å². The molecule has 0 unspecified atom stereocenters. The van der Waals surface area contributed by atoms with Crippen LogP contribution >= 0.6 is 0 Å². The SMILES string of the molecule is CNc1ncccc1C(=O)N1CCC(C(=O)NCCc2ccccc2)CC1. The molecular formula is C21H26N4O2. The zero-order valence-electron chi connectivity index (χ0n) is 15.6. The Kier molecular flexibility index (Phi) is 6.41. The first kappa shape index (κ1) is 18.9. The summed E-state index contributed by atoms with van der Waals surface area (Å²) < 4.78 is 0. The van der Waals surface area contributed by atoms with Gasteiger partial charge in [0.2, 0.25) is 5.91 Å². The summed E-state index contributed by atoms with van der Waals surface area (Å²) in [7, 11) is 1.76. The van der Waals surface area contributed by atoms with Gasteiger partial charge < -0.3 is 15.5 Å². The van der Waals surface area contributed by atoms with Crippen LogP contribution in [0.3, 0.4) is 0 Å². The van der Waals surface area contributed by atoms with Gasteiger partial charge in [0.15, 0.2) is 0 Å². The zero-order valence-corrected chi connectivity index (χ0v) is 15.6. The molecule has 2 heterocycles. The van der Waals surface area contributed by atoms with Crippen LogP contribution in [0.1, 0.15) is 28.8 Å². The molecule has 1 fully saturated rings. The van der Waals surface area contributed by atoms with Crippen molar-refractivity contribution in [3.63, 3.8) is 0 Å². The van der Waals surface area contributed by atoms with E-state index in [0.717, 1.165) is 6.42 Å². The van der Waals surface area contributed by atoms with Gasteiger partial charge in [0.25, 0.3) is 5.91 Å². The molecule has 2 amide bonds. The van der Waals surface area contributed by atoms with E-state index in [1.54, 1.807) is 25.4 Å². The molecule has 0 saturated carbocycles. The van der Waals surface area contributed by atoms with Crippen LogP contribution in [-0.2, 0) is 11.2 Å². The average molecular weight is 366 g/mol. The molecule has 2 aromatic rings. The molecule has 0 aliphatic carbocycles. The Bertz CT molecular complexity index is 771. The Balaban J connectivity index is 1.46. The van der Waals surface area contributed by atoms with E-state index in [0.29, 0.717) is 43.9 Å². The molecule has 1 aliphatic heterocycles. The van der Waals surface area contributed by atoms with E-state index in [1.807, 2.05) is 23.1 Å². The molecule has 2 N–H and O–H groups in total. The van der Waals surface area contributed by atoms with Gasteiger partial charge in [0.05, 0.1) is 5.56 Å². The summed E-state index contributed by atoms with van der Waals surface area (Å²) in [5.74, 6) is 0.622. The predicted molar refractivity (Wildman–Crippen MR) is 106 cm³/mol. The molecule has 1 saturated heterocycles. The van der Waals surface area contributed by atoms with E-state index >= 15 is 0 Å². The number of carbonyl (C=O) groups is 2. The predicted octanol–water partition coefficient (Wildman–Crippen LogP) is 2.33. The van der Waals surface area contributed by atoms with Crippen molar-refractivity contribution in [1.29, 1.82) is 0 Å². The first-order valence-electron chi connectivity index (χ1n) is 9.42. The normalized spacial score (nSPS) is 14.6. The highest BCUT2D eigenvalue weighted by atomic mass is 16.2. The Labute approximate surface area is 160 Å². The summed E-state index contributed by atoms with van der Waals surface area (Å²) in [6.45, 7) is 1.82. The van der Waals surface area contributed by atoms with E-state index in [-0.39, 0.29) is 17.7 Å². The maximum absolute atomic E-state index is 12.7. The van der Waals surface area contributed by atoms with E-state index in [2.05, 4.69) is 27.8 Å². The monoisotopic (exact) mass is 366 g/mol. The Morgan fingerprint density at radius 2 is 1.85 bits per heavy atom. The summed E-state index contributed by atoms with van der Waals surface area (Å²) in [4.78, 5) is 31.1. The summed E-state index contributed by atoms with van der Waals surface area (Å²) in [6.07, 6.45) is 3.88. The number of piperidine rings is 1. The molecule has 1 aromatic carbocycles. The molecule has 1 aromatic heterocycles. The minimum atomic E-state index is -0.0321. The van der Waals surface area contributed by atoms with Crippen molar-refractivity contribution in [3.05, 3.63) is 59.8 Å². The molecule has 1 aliphatic rings. The Morgan fingerprint density at radius 3 is 2.56 bits per heavy atom. The standard InChI is InChI=1S/C21H26N4O2/c1-22-19-18(8-5-12-23-19)21(27)25-14-10-17(11-15-25)20(26)24-13-9-16-6-3-2-4-7-16/h2-8,12,17H,9-11,13-15H2,1H3,(H,22,23)(H,24,26). The van der Waals surface area contributed by atoms with Crippen LogP contribution in [0.5, 0.6) is 0 Å². The first-order chi connectivity index (χ1) is 13.2. The molecular weight excluding hydrogens is 340 g/mol. The second kappa shape index (κ2) is 9.16. The highest BCUT2D eigenvalue weighted by Gasteiger charge is 2.28. The fourth-order valence-corrected chi connectivity index (χ4v) is 3.41. The minimum absolute atomic E-state index is 0.0255. The van der Waals surface area contributed by atoms with Crippen LogP contribution in [0.2, 0.25) is 0 Å². The van der Waals surface area contributed by atoms with Gasteiger partial charge >= 0.3 is 0 Å². The second-order valence-corrected chi connectivity index (χ2v) is 6.74. The van der Waals surface area contributed by atoms with Crippen LogP contribution in [0.4, 0.5) is 5.82 Å². The molecule has 0 atom stereocenters. The maximum Gasteiger partial charge on any atom is 0.257 e. The number of aromatic nitrogens is 1. The number of nitrogens with zero attached hydrogens (tertiary/aromatic N) is 2. The van der Waals surface area contributed by atoms with E-state index in [9.17, 15) is 9.59 Å². The lowest BCUT2D eigenvalue weighted by atomic mass is 9.95. The molecule has 0 spiro atoms. The number of pyridine rings is 1. The van der Waals surface area contributed by atoms with Crippen LogP contribution in [0.25, 0.3) is 0 Å². The van der Waals surface area contributed by atoms with Gasteiger partial charge in [-0.25, -0.2) is 4.98 Å². The van der Waals surface area contributed by atoms with Crippen molar-refractivity contribution in [2.75, 3.05) is 32.0 Å². The lowest BCUT2D eigenvalue weighted by Crippen LogP contribution is -2.43. The van der Waals surface area contributed by atoms with Gasteiger partial charge in [-0.2, -0.15) is 0 Å². The number of rotatable bonds is 6. The van der Waals surface area contributed by atoms with Crippen LogP contribution in [0.15, 0.2) is 48.7 Å². The Hall–Kier alpha value is -2.89. The number of amides is 2. The van der Waals surface area contributed by atoms with Gasteiger partial charge in [-0.3, -0.25) is 9.59 Å². The third-order valence-corrected chi connectivity index (χ3v) is 4.98. The minimum Gasteiger partial charge on any atom is -0.372 e. The van der Waals surface area contributed by atoms with Crippen LogP contribution in [-0.4, -0.2) is 48.4 Å². The van der Waals surface area contributed by atoms with E-state index < -0.39 is 0 Å². The lowest BCUT2D eigenvalue weighted by molar-refractivity contribution is -0.126. The number of benzene rings is 1. The molecule has 6 heteroatoms. The van der Waals surface area contributed by atoms with E-state index in [4.69, 9.17) is 0 Å². The van der Waals surface area contributed by atoms with Crippen molar-refractivity contribution in [2.24, 2.45) is 5.92 Å². The van der Waals surface area contributed by atoms with E-state index in [1.165, 1.54) is 5.56 Å². The van der Waals surface area contributed by atoms with Gasteiger partial charge in [-0.15, -0.1) is 0 Å². The number of carbonyl (C=O) groups excluding carboxylic acids is 2. The van der Waals surface area contributed by atoms with Gasteiger partial charge in [0.1, 0.15) is 5.82 Å². The number of likely N-dealkylation sites (tertiary alicyclic amines) is 1. The molecule has 0 bridgehead atoms. The van der Waals surface area contributed by atoms with Gasteiger partial charge in [0, 0.05) is 38.8 Å². The van der Waals surface area contributed by atoms with Crippen molar-refractivity contribution >= 4 is 17.6 Å². The van der Waals surface area contributed by atoms with Crippen molar-refractivity contribution in [1.82, 2.24) is 15.2 Å². The third kappa shape index (κ3) is 4.84. The zero-order chi connectivity index (χ0) is 19.1. The molecule has 142 valence electrons. The Morgan fingerprint density at radius 1 is 1.11 bits per heavy atom. The lowest BCUT2D eigenvalue weighted by Gasteiger charge is -2.31. The third-order valence-electron chi connectivity index (χ3n) is 4.98. The van der Waals surface area contributed by atoms with Crippen LogP contribution in [0, 0.1) is 5.92 Å². The number of hydrogen-bond donors (Lipinski definition) is 2. The average Bonchev–Trinajstić information content (AvgIpc) is 2.74. The van der Waals surface area contributed by atoms with Gasteiger partial charge in [-0.05, 0) is 37.0 Å². The quantitative estimate of drug-likeness (QED) is 0.823. The molecule has 27 heavy (non-hydrogen) atoms. The van der Waals surface area contributed by atoms with Crippen molar-refractivity contribution < 1.29 is 9.59 Å². The number of anilines is 1. The molecule has 6 nitrogen and oxygen atoms in total. The smallest absolute Gasteiger partial charge is 0.257 e. The molecule has 0 radical (unpaired) electrons. The fraction of sp³-hybridized carbons (Fsp3) is 0.381. The first-order valence-corrected chi connectivity index (χ1v) is 9.42. The highest BCUT2D eigenvalue weighted by molar-refractivity contribution is 5.98.